The van der Waals surface area contributed by atoms with E-state index in [4.69, 9.17) is 4.74 Å². The average Bonchev–Trinajstić information content (AvgIpc) is 3.27. The number of rotatable bonds is 6. The Kier molecular flexibility index (Phi) is 5.79. The van der Waals surface area contributed by atoms with Crippen LogP contribution in [0.3, 0.4) is 0 Å². The van der Waals surface area contributed by atoms with Crippen molar-refractivity contribution in [1.29, 1.82) is 0 Å². The van der Waals surface area contributed by atoms with E-state index in [1.807, 2.05) is 50.1 Å². The zero-order chi connectivity index (χ0) is 21.3. The highest BCUT2D eigenvalue weighted by Crippen LogP contribution is 2.38. The Balaban J connectivity index is 1.53. The van der Waals surface area contributed by atoms with E-state index in [0.717, 1.165) is 48.1 Å². The molecule has 0 aliphatic heterocycles. The number of esters is 1. The Morgan fingerprint density at radius 3 is 2.77 bits per heavy atom. The molecule has 3 aromatic heterocycles. The number of carbonyl (C=O) groups excluding carboxylic acids is 1. The fourth-order valence-corrected chi connectivity index (χ4v) is 4.91. The number of aryl methyl sites for hydroxylation is 1. The van der Waals surface area contributed by atoms with Gasteiger partial charge in [-0.3, -0.25) is 4.68 Å². The second-order valence-electron chi connectivity index (χ2n) is 8.32. The molecule has 30 heavy (non-hydrogen) atoms. The summed E-state index contributed by atoms with van der Waals surface area (Å²) < 4.78 is 9.41. The monoisotopic (exact) mass is 409 g/mol. The lowest BCUT2D eigenvalue weighted by Crippen LogP contribution is -2.29. The van der Waals surface area contributed by atoms with Gasteiger partial charge >= 0.3 is 5.97 Å². The van der Waals surface area contributed by atoms with Gasteiger partial charge in [-0.1, -0.05) is 0 Å². The Labute approximate surface area is 177 Å². The molecule has 0 bridgehead atoms. The molecule has 1 N–H and O–H groups in total. The number of aromatic nitrogens is 4. The lowest BCUT2D eigenvalue weighted by Gasteiger charge is -2.34. The first-order valence-corrected chi connectivity index (χ1v) is 10.9. The standard InChI is InChI=1S/C23H31N5O2/c1-5-30-23(29)21-16(3)28(22-20(21)7-6-12-24-22)15(2)17-8-10-18(11-9-17)26-19-13-25-27(4)14-19/h6-7,12-15,17-18,26H,5,8-11H2,1-4H3. The van der Waals surface area contributed by atoms with Crippen molar-refractivity contribution < 1.29 is 9.53 Å². The van der Waals surface area contributed by atoms with E-state index in [9.17, 15) is 4.79 Å². The molecule has 7 heteroatoms. The van der Waals surface area contributed by atoms with E-state index in [-0.39, 0.29) is 12.0 Å². The molecule has 0 aromatic carbocycles. The Morgan fingerprint density at radius 2 is 2.10 bits per heavy atom. The summed E-state index contributed by atoms with van der Waals surface area (Å²) in [4.78, 5) is 17.3. The maximum Gasteiger partial charge on any atom is 0.340 e. The molecular weight excluding hydrogens is 378 g/mol. The van der Waals surface area contributed by atoms with Gasteiger partial charge in [0, 0.05) is 42.6 Å². The van der Waals surface area contributed by atoms with Crippen LogP contribution in [0.25, 0.3) is 11.0 Å². The third-order valence-electron chi connectivity index (χ3n) is 6.42. The molecule has 1 saturated carbocycles. The van der Waals surface area contributed by atoms with Gasteiger partial charge in [-0.2, -0.15) is 5.10 Å². The maximum atomic E-state index is 12.6. The number of nitrogens with zero attached hydrogens (tertiary/aromatic N) is 4. The molecule has 7 nitrogen and oxygen atoms in total. The van der Waals surface area contributed by atoms with Crippen LogP contribution in [0, 0.1) is 12.8 Å². The number of fused-ring (bicyclic) bond motifs is 1. The van der Waals surface area contributed by atoms with Gasteiger partial charge in [-0.25, -0.2) is 9.78 Å². The molecule has 1 aliphatic rings. The fourth-order valence-electron chi connectivity index (χ4n) is 4.91. The summed E-state index contributed by atoms with van der Waals surface area (Å²) in [7, 11) is 1.94. The molecule has 3 aromatic rings. The summed E-state index contributed by atoms with van der Waals surface area (Å²) in [5, 5.41) is 8.73. The highest BCUT2D eigenvalue weighted by molar-refractivity contribution is 6.05. The number of carbonyl (C=O) groups is 1. The van der Waals surface area contributed by atoms with Crippen LogP contribution in [-0.2, 0) is 11.8 Å². The molecule has 0 spiro atoms. The van der Waals surface area contributed by atoms with Crippen molar-refractivity contribution in [1.82, 2.24) is 19.3 Å². The largest absolute Gasteiger partial charge is 0.462 e. The minimum atomic E-state index is -0.261. The van der Waals surface area contributed by atoms with Crippen molar-refractivity contribution >= 4 is 22.7 Å². The van der Waals surface area contributed by atoms with E-state index in [1.165, 1.54) is 0 Å². The smallest absolute Gasteiger partial charge is 0.340 e. The van der Waals surface area contributed by atoms with Crippen molar-refractivity contribution in [3.8, 4) is 0 Å². The van der Waals surface area contributed by atoms with E-state index >= 15 is 0 Å². The van der Waals surface area contributed by atoms with E-state index in [1.54, 1.807) is 6.20 Å². The van der Waals surface area contributed by atoms with Crippen LogP contribution in [0.4, 0.5) is 5.69 Å². The van der Waals surface area contributed by atoms with Crippen molar-refractivity contribution in [3.05, 3.63) is 42.0 Å². The second kappa shape index (κ2) is 8.50. The van der Waals surface area contributed by atoms with Crippen LogP contribution in [-0.4, -0.2) is 37.9 Å². The summed E-state index contributed by atoms with van der Waals surface area (Å²) in [6.07, 6.45) is 10.2. The first kappa shape index (κ1) is 20.4. The number of nitrogens with one attached hydrogen (secondary N) is 1. The summed E-state index contributed by atoms with van der Waals surface area (Å²) in [5.74, 6) is 0.284. The number of anilines is 1. The molecule has 0 saturated heterocycles. The van der Waals surface area contributed by atoms with Crippen LogP contribution >= 0.6 is 0 Å². The zero-order valence-electron chi connectivity index (χ0n) is 18.3. The van der Waals surface area contributed by atoms with Gasteiger partial charge in [-0.15, -0.1) is 0 Å². The minimum absolute atomic E-state index is 0.261. The molecule has 0 radical (unpaired) electrons. The summed E-state index contributed by atoms with van der Waals surface area (Å²) >= 11 is 0. The Hall–Kier alpha value is -2.83. The van der Waals surface area contributed by atoms with Gasteiger partial charge < -0.3 is 14.6 Å². The molecule has 1 atom stereocenters. The number of hydrogen-bond acceptors (Lipinski definition) is 5. The van der Waals surface area contributed by atoms with Crippen molar-refractivity contribution in [2.75, 3.05) is 11.9 Å². The van der Waals surface area contributed by atoms with Crippen LogP contribution in [0.1, 0.15) is 61.6 Å². The highest BCUT2D eigenvalue weighted by Gasteiger charge is 2.30. The quantitative estimate of drug-likeness (QED) is 0.607. The van der Waals surface area contributed by atoms with Crippen LogP contribution in [0.15, 0.2) is 30.7 Å². The van der Waals surface area contributed by atoms with E-state index in [0.29, 0.717) is 24.1 Å². The van der Waals surface area contributed by atoms with Crippen molar-refractivity contribution in [3.63, 3.8) is 0 Å². The van der Waals surface area contributed by atoms with Gasteiger partial charge in [-0.05, 0) is 64.5 Å². The first-order valence-electron chi connectivity index (χ1n) is 10.9. The molecule has 1 unspecified atom stereocenters. The van der Waals surface area contributed by atoms with Crippen LogP contribution < -0.4 is 5.32 Å². The summed E-state index contributed by atoms with van der Waals surface area (Å²) in [6.45, 7) is 6.48. The van der Waals surface area contributed by atoms with Gasteiger partial charge in [0.15, 0.2) is 0 Å². The van der Waals surface area contributed by atoms with E-state index < -0.39 is 0 Å². The van der Waals surface area contributed by atoms with Crippen LogP contribution in [0.2, 0.25) is 0 Å². The number of hydrogen-bond donors (Lipinski definition) is 1. The normalized spacial score (nSPS) is 20.3. The third-order valence-corrected chi connectivity index (χ3v) is 6.42. The summed E-state index contributed by atoms with van der Waals surface area (Å²) in [5.41, 5.74) is 3.56. The van der Waals surface area contributed by atoms with Gasteiger partial charge in [0.2, 0.25) is 0 Å². The maximum absolute atomic E-state index is 12.6. The van der Waals surface area contributed by atoms with Crippen molar-refractivity contribution in [2.45, 2.75) is 58.5 Å². The average molecular weight is 410 g/mol. The Bertz CT molecular complexity index is 1030. The summed E-state index contributed by atoms with van der Waals surface area (Å²) in [6, 6.07) is 4.60. The fraction of sp³-hybridized carbons (Fsp3) is 0.522. The topological polar surface area (TPSA) is 74.0 Å². The predicted molar refractivity (Wildman–Crippen MR) is 118 cm³/mol. The Morgan fingerprint density at radius 1 is 1.33 bits per heavy atom. The molecule has 4 rings (SSSR count). The van der Waals surface area contributed by atoms with Gasteiger partial charge in [0.05, 0.1) is 24.1 Å². The molecule has 1 aliphatic carbocycles. The lowest BCUT2D eigenvalue weighted by atomic mass is 9.82. The number of pyridine rings is 1. The molecule has 160 valence electrons. The minimum Gasteiger partial charge on any atom is -0.462 e. The molecule has 3 heterocycles. The third kappa shape index (κ3) is 3.80. The molecular formula is C23H31N5O2. The second-order valence-corrected chi connectivity index (χ2v) is 8.32. The lowest BCUT2D eigenvalue weighted by molar-refractivity contribution is 0.0527. The predicted octanol–water partition coefficient (Wildman–Crippen LogP) is 4.49. The van der Waals surface area contributed by atoms with Crippen LogP contribution in [0.5, 0.6) is 0 Å². The van der Waals surface area contributed by atoms with Gasteiger partial charge in [0.25, 0.3) is 0 Å². The first-order chi connectivity index (χ1) is 14.5. The van der Waals surface area contributed by atoms with E-state index in [2.05, 4.69) is 26.9 Å². The SMILES string of the molecule is CCOC(=O)c1c(C)n(C(C)C2CCC(Nc3cnn(C)c3)CC2)c2ncccc12. The van der Waals surface area contributed by atoms with Gasteiger partial charge in [0.1, 0.15) is 5.65 Å². The zero-order valence-corrected chi connectivity index (χ0v) is 18.3. The molecule has 0 amide bonds. The molecule has 1 fully saturated rings. The van der Waals surface area contributed by atoms with Crippen molar-refractivity contribution in [2.24, 2.45) is 13.0 Å². The highest BCUT2D eigenvalue weighted by atomic mass is 16.5. The number of ether oxygens (including phenoxy) is 1.